The van der Waals surface area contributed by atoms with Crippen LogP contribution in [0.1, 0.15) is 12.8 Å². The summed E-state index contributed by atoms with van der Waals surface area (Å²) < 4.78 is 23.4. The van der Waals surface area contributed by atoms with Crippen LogP contribution in [0, 0.1) is 10.1 Å². The number of benzene rings is 1. The molecule has 0 aliphatic carbocycles. The third kappa shape index (κ3) is 3.16. The number of hydrogen-bond acceptors (Lipinski definition) is 5. The van der Waals surface area contributed by atoms with Gasteiger partial charge in [0.2, 0.25) is 0 Å². The molecule has 1 aliphatic heterocycles. The first-order valence-corrected chi connectivity index (χ1v) is 8.37. The first-order chi connectivity index (χ1) is 9.31. The number of hydrogen-bond donors (Lipinski definition) is 1. The summed E-state index contributed by atoms with van der Waals surface area (Å²) in [5.74, 6) is 0.169. The summed E-state index contributed by atoms with van der Waals surface area (Å²) in [4.78, 5) is 10.4. The topological polar surface area (TPSA) is 89.3 Å². The van der Waals surface area contributed by atoms with E-state index in [1.807, 2.05) is 0 Å². The summed E-state index contributed by atoms with van der Waals surface area (Å²) in [6, 6.07) is 2.49. The van der Waals surface area contributed by atoms with Crippen LogP contribution >= 0.6 is 23.2 Å². The Morgan fingerprint density at radius 3 is 2.55 bits per heavy atom. The second-order valence-corrected chi connectivity index (χ2v) is 7.77. The lowest BCUT2D eigenvalue weighted by Crippen LogP contribution is -2.25. The molecule has 20 heavy (non-hydrogen) atoms. The van der Waals surface area contributed by atoms with E-state index < -0.39 is 20.0 Å². The standard InChI is InChI=1S/C11H12Cl2N2O4S/c12-8-4-10(11(15(16)17)5-9(8)13)14-6-7-2-1-3-20(7,18)19/h4-5,7,14H,1-3,6H2. The molecule has 0 aromatic heterocycles. The van der Waals surface area contributed by atoms with Crippen molar-refractivity contribution in [2.45, 2.75) is 18.1 Å². The average Bonchev–Trinajstić information content (AvgIpc) is 2.69. The maximum atomic E-state index is 11.7. The lowest BCUT2D eigenvalue weighted by atomic mass is 10.2. The van der Waals surface area contributed by atoms with Crippen molar-refractivity contribution in [1.82, 2.24) is 0 Å². The van der Waals surface area contributed by atoms with Crippen molar-refractivity contribution in [3.8, 4) is 0 Å². The predicted octanol–water partition coefficient (Wildman–Crippen LogP) is 2.89. The Balaban J connectivity index is 2.21. The average molecular weight is 339 g/mol. The van der Waals surface area contributed by atoms with Crippen molar-refractivity contribution in [3.63, 3.8) is 0 Å². The van der Waals surface area contributed by atoms with Crippen LogP contribution in [0.3, 0.4) is 0 Å². The zero-order valence-electron chi connectivity index (χ0n) is 10.3. The number of nitro groups is 1. The summed E-state index contributed by atoms with van der Waals surface area (Å²) in [5, 5.41) is 13.5. The van der Waals surface area contributed by atoms with Gasteiger partial charge in [0.25, 0.3) is 5.69 Å². The summed E-state index contributed by atoms with van der Waals surface area (Å²) in [6.07, 6.45) is 1.18. The van der Waals surface area contributed by atoms with Crippen LogP contribution in [-0.2, 0) is 9.84 Å². The van der Waals surface area contributed by atoms with Gasteiger partial charge < -0.3 is 5.32 Å². The van der Waals surface area contributed by atoms with Gasteiger partial charge >= 0.3 is 0 Å². The number of halogens is 2. The highest BCUT2D eigenvalue weighted by Crippen LogP contribution is 2.34. The summed E-state index contributed by atoms with van der Waals surface area (Å²) in [7, 11) is -3.10. The van der Waals surface area contributed by atoms with Crippen molar-refractivity contribution >= 4 is 44.4 Å². The van der Waals surface area contributed by atoms with Crippen LogP contribution in [-0.4, -0.2) is 30.9 Å². The number of rotatable bonds is 4. The lowest BCUT2D eigenvalue weighted by molar-refractivity contribution is -0.383. The van der Waals surface area contributed by atoms with Gasteiger partial charge in [-0.2, -0.15) is 0 Å². The van der Waals surface area contributed by atoms with Crippen molar-refractivity contribution < 1.29 is 13.3 Å². The van der Waals surface area contributed by atoms with Crippen molar-refractivity contribution in [2.75, 3.05) is 17.6 Å². The zero-order valence-corrected chi connectivity index (χ0v) is 12.6. The molecule has 0 spiro atoms. The van der Waals surface area contributed by atoms with Crippen LogP contribution in [0.5, 0.6) is 0 Å². The third-order valence-electron chi connectivity index (χ3n) is 3.22. The molecule has 1 saturated heterocycles. The van der Waals surface area contributed by atoms with Crippen LogP contribution in [0.2, 0.25) is 10.0 Å². The maximum Gasteiger partial charge on any atom is 0.293 e. The molecular weight excluding hydrogens is 327 g/mol. The molecule has 1 aliphatic rings. The highest BCUT2D eigenvalue weighted by Gasteiger charge is 2.31. The van der Waals surface area contributed by atoms with Crippen molar-refractivity contribution in [3.05, 3.63) is 32.3 Å². The molecule has 1 N–H and O–H groups in total. The van der Waals surface area contributed by atoms with E-state index in [-0.39, 0.29) is 33.7 Å². The van der Waals surface area contributed by atoms with E-state index >= 15 is 0 Å². The fourth-order valence-corrected chi connectivity index (χ4v) is 4.23. The van der Waals surface area contributed by atoms with Crippen LogP contribution in [0.4, 0.5) is 11.4 Å². The maximum absolute atomic E-state index is 11.7. The minimum atomic E-state index is -3.10. The molecule has 1 aromatic carbocycles. The fourth-order valence-electron chi connectivity index (χ4n) is 2.14. The molecule has 1 fully saturated rings. The predicted molar refractivity (Wildman–Crippen MR) is 78.4 cm³/mol. The van der Waals surface area contributed by atoms with Crippen molar-refractivity contribution in [2.24, 2.45) is 0 Å². The second kappa shape index (κ2) is 5.75. The lowest BCUT2D eigenvalue weighted by Gasteiger charge is -2.12. The molecule has 0 saturated carbocycles. The van der Waals surface area contributed by atoms with Gasteiger partial charge in [-0.1, -0.05) is 23.2 Å². The van der Waals surface area contributed by atoms with E-state index in [4.69, 9.17) is 23.2 Å². The summed E-state index contributed by atoms with van der Waals surface area (Å²) in [6.45, 7) is 0.126. The Morgan fingerprint density at radius 1 is 1.35 bits per heavy atom. The molecule has 0 bridgehead atoms. The summed E-state index contributed by atoms with van der Waals surface area (Å²) >= 11 is 11.6. The van der Waals surface area contributed by atoms with Crippen molar-refractivity contribution in [1.29, 1.82) is 0 Å². The van der Waals surface area contributed by atoms with Crippen LogP contribution in [0.15, 0.2) is 12.1 Å². The molecule has 0 radical (unpaired) electrons. The van der Waals surface area contributed by atoms with Crippen LogP contribution < -0.4 is 5.32 Å². The molecule has 1 heterocycles. The number of nitrogens with one attached hydrogen (secondary N) is 1. The highest BCUT2D eigenvalue weighted by molar-refractivity contribution is 7.92. The summed E-state index contributed by atoms with van der Waals surface area (Å²) in [5.41, 5.74) is -0.0544. The first kappa shape index (κ1) is 15.3. The number of sulfone groups is 1. The molecule has 1 atom stereocenters. The first-order valence-electron chi connectivity index (χ1n) is 5.90. The monoisotopic (exact) mass is 338 g/mol. The Kier molecular flexibility index (Phi) is 4.41. The van der Waals surface area contributed by atoms with Gasteiger partial charge in [0.05, 0.1) is 26.0 Å². The molecular formula is C11H12Cl2N2O4S. The molecule has 110 valence electrons. The molecule has 0 amide bonds. The minimum Gasteiger partial charge on any atom is -0.378 e. The van der Waals surface area contributed by atoms with E-state index in [2.05, 4.69) is 5.32 Å². The number of anilines is 1. The van der Waals surface area contributed by atoms with E-state index in [1.54, 1.807) is 0 Å². The SMILES string of the molecule is O=[N+]([O-])c1cc(Cl)c(Cl)cc1NCC1CCCS1(=O)=O. The van der Waals surface area contributed by atoms with E-state index in [0.717, 1.165) is 6.07 Å². The Hall–Kier alpha value is -1.05. The van der Waals surface area contributed by atoms with Crippen LogP contribution in [0.25, 0.3) is 0 Å². The Morgan fingerprint density at radius 2 is 2.00 bits per heavy atom. The van der Waals surface area contributed by atoms with Gasteiger partial charge in [0, 0.05) is 12.6 Å². The van der Waals surface area contributed by atoms with Gasteiger partial charge in [-0.25, -0.2) is 8.42 Å². The Labute approximate surface area is 126 Å². The fraction of sp³-hybridized carbons (Fsp3) is 0.455. The Bertz CT molecular complexity index is 648. The van der Waals surface area contributed by atoms with Gasteiger partial charge in [0.15, 0.2) is 9.84 Å². The van der Waals surface area contributed by atoms with Gasteiger partial charge in [-0.05, 0) is 18.9 Å². The van der Waals surface area contributed by atoms with Gasteiger partial charge in [-0.15, -0.1) is 0 Å². The molecule has 2 rings (SSSR count). The molecule has 6 nitrogen and oxygen atoms in total. The molecule has 1 aromatic rings. The van der Waals surface area contributed by atoms with E-state index in [9.17, 15) is 18.5 Å². The number of nitrogens with zero attached hydrogens (tertiary/aromatic N) is 1. The molecule has 9 heteroatoms. The third-order valence-corrected chi connectivity index (χ3v) is 6.22. The minimum absolute atomic E-state index is 0.0809. The van der Waals surface area contributed by atoms with E-state index in [1.165, 1.54) is 6.07 Å². The smallest absolute Gasteiger partial charge is 0.293 e. The zero-order chi connectivity index (χ0) is 14.9. The second-order valence-electron chi connectivity index (χ2n) is 4.55. The van der Waals surface area contributed by atoms with E-state index in [0.29, 0.717) is 12.8 Å². The largest absolute Gasteiger partial charge is 0.378 e. The quantitative estimate of drug-likeness (QED) is 0.673. The normalized spacial score (nSPS) is 20.8. The molecule has 1 unspecified atom stereocenters. The van der Waals surface area contributed by atoms with Gasteiger partial charge in [0.1, 0.15) is 5.69 Å². The highest BCUT2D eigenvalue weighted by atomic mass is 35.5. The van der Waals surface area contributed by atoms with Gasteiger partial charge in [-0.3, -0.25) is 10.1 Å². The number of nitro benzene ring substituents is 1.